The Kier molecular flexibility index (Phi) is 3.23. The van der Waals surface area contributed by atoms with Gasteiger partial charge in [0, 0.05) is 5.69 Å². The largest absolute Gasteiger partial charge is 0.393 e. The molecule has 2 N–H and O–H groups in total. The number of amides is 1. The van der Waals surface area contributed by atoms with E-state index in [-0.39, 0.29) is 22.8 Å². The number of rotatable bonds is 2. The van der Waals surface area contributed by atoms with Crippen LogP contribution in [0.25, 0.3) is 0 Å². The third-order valence-electron chi connectivity index (χ3n) is 7.17. The highest BCUT2D eigenvalue weighted by Gasteiger charge is 2.72. The van der Waals surface area contributed by atoms with E-state index in [2.05, 4.69) is 39.9 Å². The van der Waals surface area contributed by atoms with Gasteiger partial charge in [0.1, 0.15) is 0 Å². The van der Waals surface area contributed by atoms with Crippen molar-refractivity contribution in [2.75, 3.05) is 5.32 Å². The van der Waals surface area contributed by atoms with Crippen molar-refractivity contribution < 1.29 is 9.90 Å². The lowest BCUT2D eigenvalue weighted by molar-refractivity contribution is -0.130. The summed E-state index contributed by atoms with van der Waals surface area (Å²) in [7, 11) is 0. The fourth-order valence-electron chi connectivity index (χ4n) is 4.70. The van der Waals surface area contributed by atoms with Crippen LogP contribution in [0.5, 0.6) is 0 Å². The zero-order valence-corrected chi connectivity index (χ0v) is 14.3. The molecule has 0 saturated heterocycles. The lowest BCUT2D eigenvalue weighted by Crippen LogP contribution is -2.43. The van der Waals surface area contributed by atoms with Gasteiger partial charge in [-0.1, -0.05) is 26.8 Å². The Hall–Kier alpha value is -1.35. The lowest BCUT2D eigenvalue weighted by Gasteiger charge is -2.40. The molecule has 1 aromatic carbocycles. The minimum atomic E-state index is -0.458. The number of carbonyl (C=O) groups excluding carboxylic acids is 1. The number of aryl methyl sites for hydroxylation is 2. The second kappa shape index (κ2) is 4.58. The molecule has 120 valence electrons. The predicted octanol–water partition coefficient (Wildman–Crippen LogP) is 3.82. The molecule has 3 unspecified atom stereocenters. The maximum Gasteiger partial charge on any atom is 0.231 e. The number of aliphatic hydroxyl groups excluding tert-OH is 1. The number of hydrogen-bond acceptors (Lipinski definition) is 2. The fourth-order valence-corrected chi connectivity index (χ4v) is 4.70. The third-order valence-corrected chi connectivity index (χ3v) is 7.17. The molecule has 3 atom stereocenters. The van der Waals surface area contributed by atoms with Crippen LogP contribution in [0.15, 0.2) is 18.2 Å². The molecule has 1 aromatic rings. The van der Waals surface area contributed by atoms with Crippen LogP contribution in [0, 0.1) is 30.1 Å². The van der Waals surface area contributed by atoms with E-state index in [0.717, 1.165) is 18.5 Å². The Labute approximate surface area is 133 Å². The van der Waals surface area contributed by atoms with Crippen molar-refractivity contribution in [1.82, 2.24) is 0 Å². The van der Waals surface area contributed by atoms with Crippen molar-refractivity contribution in [3.05, 3.63) is 29.3 Å². The molecule has 0 aliphatic heterocycles. The highest BCUT2D eigenvalue weighted by atomic mass is 16.3. The maximum absolute atomic E-state index is 13.1. The predicted molar refractivity (Wildman–Crippen MR) is 88.7 cm³/mol. The summed E-state index contributed by atoms with van der Waals surface area (Å²) in [5, 5.41) is 13.6. The Morgan fingerprint density at radius 1 is 1.18 bits per heavy atom. The van der Waals surface area contributed by atoms with Crippen LogP contribution in [0.2, 0.25) is 0 Å². The summed E-state index contributed by atoms with van der Waals surface area (Å²) < 4.78 is 0. The summed E-state index contributed by atoms with van der Waals surface area (Å²) in [6.45, 7) is 10.6. The average Bonchev–Trinajstić information content (AvgIpc) is 2.73. The molecule has 0 aromatic heterocycles. The van der Waals surface area contributed by atoms with E-state index in [1.54, 1.807) is 0 Å². The molecule has 2 aliphatic rings. The number of carbonyl (C=O) groups is 1. The van der Waals surface area contributed by atoms with E-state index in [4.69, 9.17) is 0 Å². The number of anilines is 1. The van der Waals surface area contributed by atoms with Gasteiger partial charge >= 0.3 is 0 Å². The minimum absolute atomic E-state index is 0.0704. The molecule has 3 rings (SSSR count). The molecule has 0 radical (unpaired) electrons. The van der Waals surface area contributed by atoms with Crippen LogP contribution >= 0.6 is 0 Å². The molecule has 0 heterocycles. The first-order valence-electron chi connectivity index (χ1n) is 8.21. The third kappa shape index (κ3) is 1.75. The fraction of sp³-hybridized carbons (Fsp3) is 0.632. The van der Waals surface area contributed by atoms with Crippen LogP contribution in [-0.2, 0) is 4.79 Å². The first-order valence-corrected chi connectivity index (χ1v) is 8.21. The number of fused-ring (bicyclic) bond motifs is 2. The molecular formula is C19H27NO2. The monoisotopic (exact) mass is 301 g/mol. The van der Waals surface area contributed by atoms with Crippen molar-refractivity contribution in [2.24, 2.45) is 16.2 Å². The zero-order chi connectivity index (χ0) is 16.3. The number of nitrogens with one attached hydrogen (secondary N) is 1. The molecular weight excluding hydrogens is 274 g/mol. The molecule has 3 nitrogen and oxygen atoms in total. The Bertz CT molecular complexity index is 636. The van der Waals surface area contributed by atoms with Gasteiger partial charge in [-0.15, -0.1) is 0 Å². The van der Waals surface area contributed by atoms with Crippen molar-refractivity contribution in [1.29, 1.82) is 0 Å². The van der Waals surface area contributed by atoms with Gasteiger partial charge in [0.05, 0.1) is 11.5 Å². The first kappa shape index (κ1) is 15.5. The summed E-state index contributed by atoms with van der Waals surface area (Å²) in [6.07, 6.45) is 1.97. The van der Waals surface area contributed by atoms with Crippen molar-refractivity contribution in [3.8, 4) is 0 Å². The Morgan fingerprint density at radius 2 is 1.86 bits per heavy atom. The summed E-state index contributed by atoms with van der Waals surface area (Å²) in [5.41, 5.74) is 2.45. The van der Waals surface area contributed by atoms with Crippen LogP contribution in [0.4, 0.5) is 5.69 Å². The molecule has 2 bridgehead atoms. The molecule has 2 fully saturated rings. The van der Waals surface area contributed by atoms with Crippen LogP contribution in [0.1, 0.15) is 51.2 Å². The quantitative estimate of drug-likeness (QED) is 0.872. The average molecular weight is 301 g/mol. The summed E-state index contributed by atoms with van der Waals surface area (Å²) >= 11 is 0. The van der Waals surface area contributed by atoms with Gasteiger partial charge in [0.2, 0.25) is 5.91 Å². The Balaban J connectivity index is 1.91. The molecule has 0 spiro atoms. The van der Waals surface area contributed by atoms with Crippen LogP contribution in [0.3, 0.4) is 0 Å². The van der Waals surface area contributed by atoms with Gasteiger partial charge in [-0.05, 0) is 67.2 Å². The van der Waals surface area contributed by atoms with E-state index < -0.39 is 5.41 Å². The van der Waals surface area contributed by atoms with E-state index in [1.165, 1.54) is 11.1 Å². The van der Waals surface area contributed by atoms with Gasteiger partial charge in [-0.2, -0.15) is 0 Å². The minimum Gasteiger partial charge on any atom is -0.393 e. The van der Waals surface area contributed by atoms with Gasteiger partial charge in [-0.25, -0.2) is 0 Å². The van der Waals surface area contributed by atoms with Crippen LogP contribution < -0.4 is 5.32 Å². The highest BCUT2D eigenvalue weighted by Crippen LogP contribution is 2.72. The summed E-state index contributed by atoms with van der Waals surface area (Å²) in [4.78, 5) is 13.1. The van der Waals surface area contributed by atoms with Crippen molar-refractivity contribution >= 4 is 11.6 Å². The highest BCUT2D eigenvalue weighted by molar-refractivity contribution is 5.97. The molecule has 22 heavy (non-hydrogen) atoms. The van der Waals surface area contributed by atoms with Crippen LogP contribution in [-0.4, -0.2) is 17.1 Å². The van der Waals surface area contributed by atoms with E-state index >= 15 is 0 Å². The lowest BCUT2D eigenvalue weighted by atomic mass is 9.64. The number of hydrogen-bond donors (Lipinski definition) is 2. The number of aliphatic hydroxyl groups is 1. The van der Waals surface area contributed by atoms with Crippen molar-refractivity contribution in [3.63, 3.8) is 0 Å². The first-order chi connectivity index (χ1) is 10.1. The Morgan fingerprint density at radius 3 is 2.36 bits per heavy atom. The topological polar surface area (TPSA) is 49.3 Å². The van der Waals surface area contributed by atoms with Gasteiger partial charge in [-0.3, -0.25) is 4.79 Å². The zero-order valence-electron chi connectivity index (χ0n) is 14.3. The van der Waals surface area contributed by atoms with E-state index in [1.807, 2.05) is 18.2 Å². The van der Waals surface area contributed by atoms with E-state index in [9.17, 15) is 9.90 Å². The molecule has 2 saturated carbocycles. The smallest absolute Gasteiger partial charge is 0.231 e. The molecule has 3 heteroatoms. The maximum atomic E-state index is 13.1. The standard InChI is InChI=1S/C19H27NO2/c1-12-6-7-14(10-13(12)2)20-16(22)19-9-8-18(5,15(21)11-19)17(19,3)4/h6-7,10,15,21H,8-9,11H2,1-5H3,(H,20,22). The second-order valence-corrected chi connectivity index (χ2v) is 8.10. The summed E-state index contributed by atoms with van der Waals surface area (Å²) in [5.74, 6) is 0.0704. The SMILES string of the molecule is Cc1ccc(NC(=O)C23CCC(C)(C(O)C2)C3(C)C)cc1C. The van der Waals surface area contributed by atoms with Gasteiger partial charge in [0.25, 0.3) is 0 Å². The van der Waals surface area contributed by atoms with Crippen molar-refractivity contribution in [2.45, 2.75) is 60.0 Å². The van der Waals surface area contributed by atoms with Gasteiger partial charge in [0.15, 0.2) is 0 Å². The molecule has 1 amide bonds. The normalized spacial score (nSPS) is 35.6. The second-order valence-electron chi connectivity index (χ2n) is 8.10. The van der Waals surface area contributed by atoms with E-state index in [0.29, 0.717) is 6.42 Å². The summed E-state index contributed by atoms with van der Waals surface area (Å²) in [6, 6.07) is 6.02. The van der Waals surface area contributed by atoms with Gasteiger partial charge < -0.3 is 10.4 Å². The number of benzene rings is 1. The molecule has 2 aliphatic carbocycles.